The first-order valence-electron chi connectivity index (χ1n) is 10.8. The second kappa shape index (κ2) is 8.83. The number of rotatable bonds is 6. The lowest BCUT2D eigenvalue weighted by Gasteiger charge is -2.32. The van der Waals surface area contributed by atoms with Crippen molar-refractivity contribution in [3.63, 3.8) is 0 Å². The average Bonchev–Trinajstić information content (AvgIpc) is 3.00. The molecular weight excluding hydrogens is 358 g/mol. The molecular formula is C25H31N3O. The first-order valence-corrected chi connectivity index (χ1v) is 10.8. The van der Waals surface area contributed by atoms with E-state index in [2.05, 4.69) is 46.8 Å². The Morgan fingerprint density at radius 3 is 2.17 bits per heavy atom. The van der Waals surface area contributed by atoms with Gasteiger partial charge in [-0.25, -0.2) is 4.68 Å². The molecule has 1 aromatic heterocycles. The van der Waals surface area contributed by atoms with E-state index >= 15 is 0 Å². The molecule has 1 saturated heterocycles. The van der Waals surface area contributed by atoms with Crippen LogP contribution in [0.3, 0.4) is 0 Å². The van der Waals surface area contributed by atoms with E-state index in [-0.39, 0.29) is 5.56 Å². The molecule has 1 aliphatic rings. The number of piperidine rings is 1. The molecule has 2 aromatic carbocycles. The van der Waals surface area contributed by atoms with Gasteiger partial charge in [0.2, 0.25) is 0 Å². The zero-order chi connectivity index (χ0) is 20.2. The first-order chi connectivity index (χ1) is 14.2. The number of aromatic nitrogens is 2. The van der Waals surface area contributed by atoms with Crippen molar-refractivity contribution in [2.45, 2.75) is 52.1 Å². The van der Waals surface area contributed by atoms with Crippen LogP contribution in [-0.4, -0.2) is 27.4 Å². The minimum Gasteiger partial charge on any atom is -0.297 e. The molecule has 0 unspecified atom stereocenters. The Balaban J connectivity index is 1.56. The van der Waals surface area contributed by atoms with Crippen molar-refractivity contribution in [1.29, 1.82) is 0 Å². The van der Waals surface area contributed by atoms with Crippen LogP contribution in [0, 0.1) is 6.92 Å². The van der Waals surface area contributed by atoms with Crippen molar-refractivity contribution in [2.75, 3.05) is 13.1 Å². The molecule has 0 N–H and O–H groups in total. The summed E-state index contributed by atoms with van der Waals surface area (Å²) < 4.78 is 4.07. The van der Waals surface area contributed by atoms with Gasteiger partial charge in [0.1, 0.15) is 0 Å². The minimum absolute atomic E-state index is 0.110. The monoisotopic (exact) mass is 389 g/mol. The maximum absolute atomic E-state index is 13.1. The van der Waals surface area contributed by atoms with E-state index in [0.717, 1.165) is 43.9 Å². The van der Waals surface area contributed by atoms with E-state index in [1.807, 2.05) is 41.9 Å². The Bertz CT molecular complexity index is 980. The lowest BCUT2D eigenvalue weighted by Crippen LogP contribution is -2.33. The molecule has 4 rings (SSSR count). The number of nitrogens with zero attached hydrogens (tertiary/aromatic N) is 3. The molecule has 4 nitrogen and oxygen atoms in total. The summed E-state index contributed by atoms with van der Waals surface area (Å²) in [5.74, 6) is 0.653. The Morgan fingerprint density at radius 2 is 1.55 bits per heavy atom. The second-order valence-corrected chi connectivity index (χ2v) is 8.11. The number of para-hydroxylation sites is 1. The van der Waals surface area contributed by atoms with Crippen LogP contribution in [0.5, 0.6) is 0 Å². The summed E-state index contributed by atoms with van der Waals surface area (Å²) in [7, 11) is 0. The van der Waals surface area contributed by atoms with Gasteiger partial charge < -0.3 is 0 Å². The van der Waals surface area contributed by atoms with E-state index in [9.17, 15) is 4.79 Å². The first kappa shape index (κ1) is 19.7. The fourth-order valence-corrected chi connectivity index (χ4v) is 4.54. The Hall–Kier alpha value is -2.59. The van der Waals surface area contributed by atoms with Crippen molar-refractivity contribution in [2.24, 2.45) is 0 Å². The summed E-state index contributed by atoms with van der Waals surface area (Å²) in [6, 6.07) is 20.9. The van der Waals surface area contributed by atoms with E-state index in [4.69, 9.17) is 0 Å². The fraction of sp³-hybridized carbons (Fsp3) is 0.400. The minimum atomic E-state index is 0.110. The van der Waals surface area contributed by atoms with Crippen LogP contribution in [0.15, 0.2) is 65.5 Å². The maximum atomic E-state index is 13.1. The van der Waals surface area contributed by atoms with Gasteiger partial charge in [0.15, 0.2) is 0 Å². The molecule has 0 aliphatic carbocycles. The highest BCUT2D eigenvalue weighted by atomic mass is 16.1. The van der Waals surface area contributed by atoms with Crippen molar-refractivity contribution >= 4 is 0 Å². The van der Waals surface area contributed by atoms with Gasteiger partial charge in [-0.2, -0.15) is 0 Å². The number of hydrogen-bond acceptors (Lipinski definition) is 2. The standard InChI is InChI=1S/C25H31N3O/c1-3-16-27-24(20(2)25(29)28(27)23-12-8-5-9-13-23)19-26-17-14-22(15-18-26)21-10-6-4-7-11-21/h4-13,22H,3,14-19H2,1-2H3. The summed E-state index contributed by atoms with van der Waals surface area (Å²) in [4.78, 5) is 15.6. The topological polar surface area (TPSA) is 30.2 Å². The van der Waals surface area contributed by atoms with Gasteiger partial charge >= 0.3 is 0 Å². The molecule has 29 heavy (non-hydrogen) atoms. The van der Waals surface area contributed by atoms with Gasteiger partial charge in [-0.05, 0) is 62.9 Å². The van der Waals surface area contributed by atoms with Gasteiger partial charge in [0.25, 0.3) is 5.56 Å². The lowest BCUT2D eigenvalue weighted by molar-refractivity contribution is 0.198. The molecule has 1 aliphatic heterocycles. The Morgan fingerprint density at radius 1 is 0.931 bits per heavy atom. The Kier molecular flexibility index (Phi) is 6.00. The fourth-order valence-electron chi connectivity index (χ4n) is 4.54. The van der Waals surface area contributed by atoms with Crippen molar-refractivity contribution in [1.82, 2.24) is 14.3 Å². The highest BCUT2D eigenvalue weighted by molar-refractivity contribution is 5.33. The van der Waals surface area contributed by atoms with Crippen molar-refractivity contribution in [3.8, 4) is 5.69 Å². The number of benzene rings is 2. The molecule has 4 heteroatoms. The van der Waals surface area contributed by atoms with E-state index in [0.29, 0.717) is 5.92 Å². The van der Waals surface area contributed by atoms with Gasteiger partial charge in [-0.15, -0.1) is 0 Å². The summed E-state index contributed by atoms with van der Waals surface area (Å²) in [6.45, 7) is 8.02. The predicted octanol–water partition coefficient (Wildman–Crippen LogP) is 4.74. The molecule has 2 heterocycles. The summed E-state index contributed by atoms with van der Waals surface area (Å²) in [5.41, 5.74) is 4.56. The lowest BCUT2D eigenvalue weighted by atomic mass is 9.89. The molecule has 0 bridgehead atoms. The van der Waals surface area contributed by atoms with Gasteiger partial charge in [0, 0.05) is 18.7 Å². The van der Waals surface area contributed by atoms with Crippen LogP contribution < -0.4 is 5.56 Å². The van der Waals surface area contributed by atoms with Crippen LogP contribution in [0.2, 0.25) is 0 Å². The molecule has 0 amide bonds. The average molecular weight is 390 g/mol. The van der Waals surface area contributed by atoms with Crippen molar-refractivity contribution < 1.29 is 0 Å². The maximum Gasteiger partial charge on any atom is 0.274 e. The zero-order valence-electron chi connectivity index (χ0n) is 17.6. The van der Waals surface area contributed by atoms with E-state index in [1.54, 1.807) is 0 Å². The SMILES string of the molecule is CCCn1c(CN2CCC(c3ccccc3)CC2)c(C)c(=O)n1-c1ccccc1. The second-order valence-electron chi connectivity index (χ2n) is 8.11. The Labute approximate surface area is 173 Å². The third kappa shape index (κ3) is 4.08. The van der Waals surface area contributed by atoms with Crippen molar-refractivity contribution in [3.05, 3.63) is 87.8 Å². The van der Waals surface area contributed by atoms with Crippen LogP contribution in [0.4, 0.5) is 0 Å². The normalized spacial score (nSPS) is 15.7. The van der Waals surface area contributed by atoms with Gasteiger partial charge in [-0.3, -0.25) is 14.4 Å². The van der Waals surface area contributed by atoms with Crippen LogP contribution >= 0.6 is 0 Å². The number of likely N-dealkylation sites (tertiary alicyclic amines) is 1. The van der Waals surface area contributed by atoms with E-state index < -0.39 is 0 Å². The highest BCUT2D eigenvalue weighted by Gasteiger charge is 2.24. The molecule has 152 valence electrons. The van der Waals surface area contributed by atoms with Gasteiger partial charge in [0.05, 0.1) is 11.4 Å². The molecule has 3 aromatic rings. The summed E-state index contributed by atoms with van der Waals surface area (Å²) in [5, 5.41) is 0. The summed E-state index contributed by atoms with van der Waals surface area (Å²) >= 11 is 0. The zero-order valence-corrected chi connectivity index (χ0v) is 17.6. The molecule has 0 radical (unpaired) electrons. The molecule has 0 atom stereocenters. The quantitative estimate of drug-likeness (QED) is 0.610. The third-order valence-corrected chi connectivity index (χ3v) is 6.17. The highest BCUT2D eigenvalue weighted by Crippen LogP contribution is 2.28. The third-order valence-electron chi connectivity index (χ3n) is 6.17. The van der Waals surface area contributed by atoms with Crippen LogP contribution in [-0.2, 0) is 13.1 Å². The summed E-state index contributed by atoms with van der Waals surface area (Å²) in [6.07, 6.45) is 3.37. The molecule has 1 fully saturated rings. The largest absolute Gasteiger partial charge is 0.297 e. The van der Waals surface area contributed by atoms with Gasteiger partial charge in [-0.1, -0.05) is 55.5 Å². The molecule has 0 saturated carbocycles. The predicted molar refractivity (Wildman–Crippen MR) is 119 cm³/mol. The number of hydrogen-bond donors (Lipinski definition) is 0. The van der Waals surface area contributed by atoms with Crippen LogP contribution in [0.25, 0.3) is 5.69 Å². The van der Waals surface area contributed by atoms with E-state index in [1.165, 1.54) is 24.1 Å². The smallest absolute Gasteiger partial charge is 0.274 e. The van der Waals surface area contributed by atoms with Crippen LogP contribution in [0.1, 0.15) is 48.9 Å². The molecule has 0 spiro atoms.